The van der Waals surface area contributed by atoms with Gasteiger partial charge >= 0.3 is 5.97 Å². The Morgan fingerprint density at radius 2 is 2.10 bits per heavy atom. The first-order chi connectivity index (χ1) is 9.49. The minimum Gasteiger partial charge on any atom is -0.468 e. The summed E-state index contributed by atoms with van der Waals surface area (Å²) in [6, 6.07) is 1.85. The number of carbonyl (C=O) groups is 1. The zero-order valence-corrected chi connectivity index (χ0v) is 12.0. The largest absolute Gasteiger partial charge is 0.468 e. The van der Waals surface area contributed by atoms with Gasteiger partial charge in [-0.15, -0.1) is 10.2 Å². The number of rotatable bonds is 5. The maximum Gasteiger partial charge on any atom is 0.319 e. The van der Waals surface area contributed by atoms with Crippen molar-refractivity contribution in [2.45, 2.75) is 20.4 Å². The van der Waals surface area contributed by atoms with Crippen molar-refractivity contribution in [1.82, 2.24) is 15.1 Å². The van der Waals surface area contributed by atoms with Crippen LogP contribution in [-0.2, 0) is 16.1 Å². The number of hydrogen-bond donors (Lipinski definition) is 0. The fraction of sp³-hybridized carbons (Fsp3) is 0.462. The Kier molecular flexibility index (Phi) is 4.19. The van der Waals surface area contributed by atoms with Crippen LogP contribution < -0.4 is 0 Å². The Morgan fingerprint density at radius 1 is 1.35 bits per heavy atom. The molecule has 108 valence electrons. The molecule has 0 atom stereocenters. The van der Waals surface area contributed by atoms with Crippen LogP contribution in [0.3, 0.4) is 0 Å². The van der Waals surface area contributed by atoms with Gasteiger partial charge in [-0.2, -0.15) is 0 Å². The summed E-state index contributed by atoms with van der Waals surface area (Å²) in [5.41, 5.74) is 0.789. The van der Waals surface area contributed by atoms with Gasteiger partial charge in [0.25, 0.3) is 5.89 Å². The topological polar surface area (TPSA) is 81.6 Å². The number of esters is 1. The fourth-order valence-electron chi connectivity index (χ4n) is 1.84. The lowest BCUT2D eigenvalue weighted by atomic mass is 10.2. The summed E-state index contributed by atoms with van der Waals surface area (Å²) in [5, 5.41) is 7.96. The third-order valence-corrected chi connectivity index (χ3v) is 2.77. The molecule has 0 N–H and O–H groups in total. The van der Waals surface area contributed by atoms with Crippen molar-refractivity contribution in [2.75, 3.05) is 20.7 Å². The standard InChI is InChI=1S/C13H17N3O4/c1-8-5-10(9(2)19-8)13-15-14-11(20-13)6-16(3)7-12(17)18-4/h5H,6-7H2,1-4H3. The second kappa shape index (κ2) is 5.87. The molecule has 2 aromatic rings. The summed E-state index contributed by atoms with van der Waals surface area (Å²) in [4.78, 5) is 12.9. The van der Waals surface area contributed by atoms with E-state index in [1.807, 2.05) is 19.9 Å². The molecule has 0 unspecified atom stereocenters. The van der Waals surface area contributed by atoms with Crippen LogP contribution in [0.2, 0.25) is 0 Å². The van der Waals surface area contributed by atoms with Crippen molar-refractivity contribution >= 4 is 5.97 Å². The second-order valence-corrected chi connectivity index (χ2v) is 4.58. The van der Waals surface area contributed by atoms with Crippen LogP contribution in [0.15, 0.2) is 14.9 Å². The first-order valence-corrected chi connectivity index (χ1v) is 6.14. The van der Waals surface area contributed by atoms with E-state index in [9.17, 15) is 4.79 Å². The van der Waals surface area contributed by atoms with Crippen LogP contribution in [0, 0.1) is 13.8 Å². The van der Waals surface area contributed by atoms with E-state index in [0.717, 1.165) is 17.1 Å². The zero-order chi connectivity index (χ0) is 14.7. The lowest BCUT2D eigenvalue weighted by molar-refractivity contribution is -0.141. The average Bonchev–Trinajstić information content (AvgIpc) is 2.95. The van der Waals surface area contributed by atoms with E-state index in [-0.39, 0.29) is 12.5 Å². The van der Waals surface area contributed by atoms with Crippen LogP contribution in [0.5, 0.6) is 0 Å². The highest BCUT2D eigenvalue weighted by Crippen LogP contribution is 2.25. The number of furan rings is 1. The summed E-state index contributed by atoms with van der Waals surface area (Å²) in [5.74, 6) is 2.07. The fourth-order valence-corrected chi connectivity index (χ4v) is 1.84. The predicted molar refractivity (Wildman–Crippen MR) is 69.8 cm³/mol. The molecule has 0 aliphatic rings. The summed E-state index contributed by atoms with van der Waals surface area (Å²) < 4.78 is 15.6. The van der Waals surface area contributed by atoms with E-state index >= 15 is 0 Å². The molecule has 0 radical (unpaired) electrons. The van der Waals surface area contributed by atoms with E-state index in [0.29, 0.717) is 18.3 Å². The quantitative estimate of drug-likeness (QED) is 0.768. The van der Waals surface area contributed by atoms with Crippen molar-refractivity contribution in [3.05, 3.63) is 23.5 Å². The van der Waals surface area contributed by atoms with Gasteiger partial charge in [0.2, 0.25) is 5.89 Å². The predicted octanol–water partition coefficient (Wildman–Crippen LogP) is 1.55. The van der Waals surface area contributed by atoms with E-state index in [2.05, 4.69) is 14.9 Å². The number of aromatic nitrogens is 2. The Balaban J connectivity index is 2.06. The second-order valence-electron chi connectivity index (χ2n) is 4.58. The molecular weight excluding hydrogens is 262 g/mol. The molecule has 0 aromatic carbocycles. The molecule has 0 fully saturated rings. The van der Waals surface area contributed by atoms with Gasteiger partial charge in [0, 0.05) is 0 Å². The maximum absolute atomic E-state index is 11.1. The molecule has 0 aliphatic carbocycles. The zero-order valence-electron chi connectivity index (χ0n) is 12.0. The number of likely N-dealkylation sites (N-methyl/N-ethyl adjacent to an activating group) is 1. The monoisotopic (exact) mass is 279 g/mol. The Labute approximate surface area is 116 Å². The van der Waals surface area contributed by atoms with Crippen LogP contribution in [0.4, 0.5) is 0 Å². The number of methoxy groups -OCH3 is 1. The Bertz CT molecular complexity index is 603. The third kappa shape index (κ3) is 3.24. The molecule has 0 spiro atoms. The highest BCUT2D eigenvalue weighted by atomic mass is 16.5. The molecule has 0 saturated carbocycles. The molecular formula is C13H17N3O4. The first kappa shape index (κ1) is 14.3. The number of nitrogens with zero attached hydrogens (tertiary/aromatic N) is 3. The third-order valence-electron chi connectivity index (χ3n) is 2.77. The van der Waals surface area contributed by atoms with Gasteiger partial charge in [-0.25, -0.2) is 0 Å². The van der Waals surface area contributed by atoms with Crippen LogP contribution >= 0.6 is 0 Å². The van der Waals surface area contributed by atoms with Gasteiger partial charge in [0.1, 0.15) is 11.5 Å². The molecule has 0 aliphatic heterocycles. The molecule has 2 rings (SSSR count). The molecule has 0 amide bonds. The maximum atomic E-state index is 11.1. The van der Waals surface area contributed by atoms with Crippen molar-refractivity contribution in [3.63, 3.8) is 0 Å². The number of aryl methyl sites for hydroxylation is 2. The van der Waals surface area contributed by atoms with E-state index in [1.54, 1.807) is 11.9 Å². The van der Waals surface area contributed by atoms with Crippen molar-refractivity contribution in [3.8, 4) is 11.5 Å². The van der Waals surface area contributed by atoms with E-state index in [4.69, 9.17) is 8.83 Å². The van der Waals surface area contributed by atoms with Gasteiger partial charge in [-0.1, -0.05) is 0 Å². The van der Waals surface area contributed by atoms with Crippen LogP contribution in [-0.4, -0.2) is 41.8 Å². The normalized spacial score (nSPS) is 11.1. The smallest absolute Gasteiger partial charge is 0.319 e. The Hall–Kier alpha value is -2.15. The van der Waals surface area contributed by atoms with Gasteiger partial charge in [-0.3, -0.25) is 9.69 Å². The molecule has 7 heteroatoms. The summed E-state index contributed by atoms with van der Waals surface area (Å²) in [6.07, 6.45) is 0. The number of carbonyl (C=O) groups excluding carboxylic acids is 1. The number of ether oxygens (including phenoxy) is 1. The SMILES string of the molecule is COC(=O)CN(C)Cc1nnc(-c2cc(C)oc2C)o1. The lowest BCUT2D eigenvalue weighted by Gasteiger charge is -2.11. The molecule has 20 heavy (non-hydrogen) atoms. The van der Waals surface area contributed by atoms with Crippen LogP contribution in [0.25, 0.3) is 11.5 Å². The average molecular weight is 279 g/mol. The Morgan fingerprint density at radius 3 is 2.70 bits per heavy atom. The summed E-state index contributed by atoms with van der Waals surface area (Å²) in [7, 11) is 3.12. The molecule has 2 heterocycles. The molecule has 0 saturated heterocycles. The summed E-state index contributed by atoms with van der Waals surface area (Å²) >= 11 is 0. The van der Waals surface area contributed by atoms with Gasteiger partial charge < -0.3 is 13.6 Å². The minimum atomic E-state index is -0.312. The lowest BCUT2D eigenvalue weighted by Crippen LogP contribution is -2.26. The molecule has 0 bridgehead atoms. The first-order valence-electron chi connectivity index (χ1n) is 6.14. The van der Waals surface area contributed by atoms with Crippen molar-refractivity contribution in [1.29, 1.82) is 0 Å². The van der Waals surface area contributed by atoms with Gasteiger partial charge in [0.05, 0.1) is 25.8 Å². The highest BCUT2D eigenvalue weighted by molar-refractivity contribution is 5.71. The highest BCUT2D eigenvalue weighted by Gasteiger charge is 2.16. The minimum absolute atomic E-state index is 0.165. The van der Waals surface area contributed by atoms with Gasteiger partial charge in [0.15, 0.2) is 0 Å². The van der Waals surface area contributed by atoms with Crippen molar-refractivity contribution < 1.29 is 18.4 Å². The summed E-state index contributed by atoms with van der Waals surface area (Å²) in [6.45, 7) is 4.24. The van der Waals surface area contributed by atoms with Crippen LogP contribution in [0.1, 0.15) is 17.4 Å². The molecule has 2 aromatic heterocycles. The van der Waals surface area contributed by atoms with Gasteiger partial charge in [-0.05, 0) is 27.0 Å². The number of hydrogen-bond acceptors (Lipinski definition) is 7. The van der Waals surface area contributed by atoms with E-state index in [1.165, 1.54) is 7.11 Å². The molecule has 7 nitrogen and oxygen atoms in total. The van der Waals surface area contributed by atoms with Crippen molar-refractivity contribution in [2.24, 2.45) is 0 Å². The van der Waals surface area contributed by atoms with E-state index < -0.39 is 0 Å².